The van der Waals surface area contributed by atoms with Crippen molar-refractivity contribution >= 4 is 0 Å². The van der Waals surface area contributed by atoms with Crippen LogP contribution in [0.4, 0.5) is 0 Å². The molecular formula is C15H24N2. The molecule has 1 saturated carbocycles. The Balaban J connectivity index is 2.07. The maximum atomic E-state index is 6.42. The molecule has 2 heteroatoms. The van der Waals surface area contributed by atoms with E-state index in [2.05, 4.69) is 31.8 Å². The van der Waals surface area contributed by atoms with Crippen LogP contribution < -0.4 is 5.73 Å². The van der Waals surface area contributed by atoms with Gasteiger partial charge in [0, 0.05) is 24.4 Å². The van der Waals surface area contributed by atoms with Crippen LogP contribution in [-0.4, -0.2) is 11.0 Å². The second-order valence-corrected chi connectivity index (χ2v) is 6.12. The smallest absolute Gasteiger partial charge is 0.0448 e. The van der Waals surface area contributed by atoms with E-state index >= 15 is 0 Å². The zero-order valence-electron chi connectivity index (χ0n) is 11.2. The number of hydrogen-bond donors (Lipinski definition) is 1. The maximum Gasteiger partial charge on any atom is 0.0448 e. The van der Waals surface area contributed by atoms with Crippen LogP contribution in [-0.2, 0) is 6.42 Å². The van der Waals surface area contributed by atoms with Gasteiger partial charge in [0.05, 0.1) is 0 Å². The lowest BCUT2D eigenvalue weighted by molar-refractivity contribution is 0.219. The van der Waals surface area contributed by atoms with E-state index in [0.717, 1.165) is 6.42 Å². The summed E-state index contributed by atoms with van der Waals surface area (Å²) in [6.07, 6.45) is 6.70. The van der Waals surface area contributed by atoms with Crippen molar-refractivity contribution in [1.82, 2.24) is 4.98 Å². The van der Waals surface area contributed by atoms with Gasteiger partial charge in [-0.3, -0.25) is 4.98 Å². The standard InChI is InChI=1S/C15H24N2/c1-11-6-5-9-17-14(11)10-13(16)12-7-4-8-15(12,2)3/h5-6,9,12-13H,4,7-8,10,16H2,1-3H3. The largest absolute Gasteiger partial charge is 0.327 e. The summed E-state index contributed by atoms with van der Waals surface area (Å²) in [7, 11) is 0. The van der Waals surface area contributed by atoms with E-state index in [1.807, 2.05) is 12.3 Å². The second kappa shape index (κ2) is 4.77. The molecule has 2 atom stereocenters. The lowest BCUT2D eigenvalue weighted by atomic mass is 9.76. The van der Waals surface area contributed by atoms with Crippen molar-refractivity contribution in [2.75, 3.05) is 0 Å². The normalized spacial score (nSPS) is 24.8. The van der Waals surface area contributed by atoms with E-state index in [1.165, 1.54) is 30.5 Å². The molecule has 0 radical (unpaired) electrons. The van der Waals surface area contributed by atoms with E-state index in [9.17, 15) is 0 Å². The third-order valence-electron chi connectivity index (χ3n) is 4.40. The van der Waals surface area contributed by atoms with Gasteiger partial charge in [-0.25, -0.2) is 0 Å². The van der Waals surface area contributed by atoms with Gasteiger partial charge in [0.25, 0.3) is 0 Å². The third-order valence-corrected chi connectivity index (χ3v) is 4.40. The molecule has 0 spiro atoms. The van der Waals surface area contributed by atoms with Crippen LogP contribution in [0.5, 0.6) is 0 Å². The van der Waals surface area contributed by atoms with Gasteiger partial charge in [-0.05, 0) is 42.7 Å². The molecule has 1 aliphatic carbocycles. The highest BCUT2D eigenvalue weighted by Crippen LogP contribution is 2.44. The minimum absolute atomic E-state index is 0.251. The first-order valence-corrected chi connectivity index (χ1v) is 6.67. The second-order valence-electron chi connectivity index (χ2n) is 6.12. The van der Waals surface area contributed by atoms with Crippen molar-refractivity contribution in [3.8, 4) is 0 Å². The summed E-state index contributed by atoms with van der Waals surface area (Å²) in [5.74, 6) is 0.643. The summed E-state index contributed by atoms with van der Waals surface area (Å²) in [6.45, 7) is 6.83. The van der Waals surface area contributed by atoms with Crippen LogP contribution in [0.3, 0.4) is 0 Å². The van der Waals surface area contributed by atoms with Gasteiger partial charge in [0.15, 0.2) is 0 Å². The van der Waals surface area contributed by atoms with Gasteiger partial charge in [0.2, 0.25) is 0 Å². The van der Waals surface area contributed by atoms with E-state index < -0.39 is 0 Å². The zero-order valence-corrected chi connectivity index (χ0v) is 11.2. The highest BCUT2D eigenvalue weighted by Gasteiger charge is 2.38. The highest BCUT2D eigenvalue weighted by atomic mass is 14.7. The van der Waals surface area contributed by atoms with Gasteiger partial charge in [-0.2, -0.15) is 0 Å². The molecule has 2 unspecified atom stereocenters. The summed E-state index contributed by atoms with van der Waals surface area (Å²) < 4.78 is 0. The molecule has 1 heterocycles. The molecule has 2 rings (SSSR count). The number of pyridine rings is 1. The Morgan fingerprint density at radius 3 is 2.88 bits per heavy atom. The van der Waals surface area contributed by atoms with E-state index in [1.54, 1.807) is 0 Å². The van der Waals surface area contributed by atoms with Gasteiger partial charge >= 0.3 is 0 Å². The molecule has 0 aromatic carbocycles. The van der Waals surface area contributed by atoms with E-state index in [-0.39, 0.29) is 6.04 Å². The first-order chi connectivity index (χ1) is 8.00. The number of aromatic nitrogens is 1. The average molecular weight is 232 g/mol. The van der Waals surface area contributed by atoms with Crippen molar-refractivity contribution in [3.05, 3.63) is 29.6 Å². The van der Waals surface area contributed by atoms with Gasteiger partial charge < -0.3 is 5.73 Å². The van der Waals surface area contributed by atoms with Crippen LogP contribution in [0.2, 0.25) is 0 Å². The van der Waals surface area contributed by atoms with Crippen LogP contribution in [0.15, 0.2) is 18.3 Å². The van der Waals surface area contributed by atoms with Crippen molar-refractivity contribution < 1.29 is 0 Å². The summed E-state index contributed by atoms with van der Waals surface area (Å²) >= 11 is 0. The number of nitrogens with two attached hydrogens (primary N) is 1. The predicted octanol–water partition coefficient (Wildman–Crippen LogP) is 3.09. The molecule has 0 amide bonds. The predicted molar refractivity (Wildman–Crippen MR) is 71.8 cm³/mol. The van der Waals surface area contributed by atoms with Crippen molar-refractivity contribution in [2.45, 2.75) is 52.5 Å². The molecule has 94 valence electrons. The quantitative estimate of drug-likeness (QED) is 0.869. The zero-order chi connectivity index (χ0) is 12.5. The number of aryl methyl sites for hydroxylation is 1. The fourth-order valence-corrected chi connectivity index (χ4v) is 3.24. The van der Waals surface area contributed by atoms with Crippen LogP contribution in [0.25, 0.3) is 0 Å². The maximum absolute atomic E-state index is 6.42. The number of rotatable bonds is 3. The van der Waals surface area contributed by atoms with E-state index in [4.69, 9.17) is 5.73 Å². The summed E-state index contributed by atoms with van der Waals surface area (Å²) in [5, 5.41) is 0. The van der Waals surface area contributed by atoms with Crippen LogP contribution in [0, 0.1) is 18.3 Å². The Hall–Kier alpha value is -0.890. The van der Waals surface area contributed by atoms with Crippen LogP contribution >= 0.6 is 0 Å². The van der Waals surface area contributed by atoms with Gasteiger partial charge in [-0.15, -0.1) is 0 Å². The number of nitrogens with zero attached hydrogens (tertiary/aromatic N) is 1. The topological polar surface area (TPSA) is 38.9 Å². The first-order valence-electron chi connectivity index (χ1n) is 6.67. The summed E-state index contributed by atoms with van der Waals surface area (Å²) in [6, 6.07) is 4.36. The summed E-state index contributed by atoms with van der Waals surface area (Å²) in [5.41, 5.74) is 9.25. The Kier molecular flexibility index (Phi) is 3.53. The van der Waals surface area contributed by atoms with Gasteiger partial charge in [-0.1, -0.05) is 26.3 Å². The third kappa shape index (κ3) is 2.68. The van der Waals surface area contributed by atoms with Gasteiger partial charge in [0.1, 0.15) is 0 Å². The fraction of sp³-hybridized carbons (Fsp3) is 0.667. The van der Waals surface area contributed by atoms with Crippen LogP contribution in [0.1, 0.15) is 44.4 Å². The molecule has 2 nitrogen and oxygen atoms in total. The molecular weight excluding hydrogens is 208 g/mol. The highest BCUT2D eigenvalue weighted by molar-refractivity contribution is 5.19. The van der Waals surface area contributed by atoms with Crippen molar-refractivity contribution in [2.24, 2.45) is 17.1 Å². The Morgan fingerprint density at radius 1 is 1.53 bits per heavy atom. The molecule has 1 aromatic rings. The minimum Gasteiger partial charge on any atom is -0.327 e. The molecule has 2 N–H and O–H groups in total. The lowest BCUT2D eigenvalue weighted by Gasteiger charge is -2.32. The first kappa shape index (κ1) is 12.6. The lowest BCUT2D eigenvalue weighted by Crippen LogP contribution is -2.38. The van der Waals surface area contributed by atoms with E-state index in [0.29, 0.717) is 11.3 Å². The molecule has 0 aliphatic heterocycles. The molecule has 0 bridgehead atoms. The summed E-state index contributed by atoms with van der Waals surface area (Å²) in [4.78, 5) is 4.46. The molecule has 0 saturated heterocycles. The Labute approximate surface area is 105 Å². The monoisotopic (exact) mass is 232 g/mol. The fourth-order valence-electron chi connectivity index (χ4n) is 3.24. The minimum atomic E-state index is 0.251. The Bertz CT molecular complexity index is 384. The SMILES string of the molecule is Cc1cccnc1CC(N)C1CCCC1(C)C. The molecule has 1 fully saturated rings. The molecule has 1 aliphatic rings. The average Bonchev–Trinajstić information content (AvgIpc) is 2.61. The van der Waals surface area contributed by atoms with Crippen molar-refractivity contribution in [1.29, 1.82) is 0 Å². The Morgan fingerprint density at radius 2 is 2.29 bits per heavy atom. The molecule has 17 heavy (non-hydrogen) atoms. The van der Waals surface area contributed by atoms with Crippen molar-refractivity contribution in [3.63, 3.8) is 0 Å². The number of hydrogen-bond acceptors (Lipinski definition) is 2. The molecule has 1 aromatic heterocycles.